The minimum absolute atomic E-state index is 0.0407. The summed E-state index contributed by atoms with van der Waals surface area (Å²) in [6.07, 6.45) is 0. The SMILES string of the molecule is Cc1ccc(C(=O)P(=O)(O)O)cc1. The molecular weight excluding hydrogens is 191 g/mol. The molecule has 4 nitrogen and oxygen atoms in total. The summed E-state index contributed by atoms with van der Waals surface area (Å²) in [5, 5.41) is 0. The summed E-state index contributed by atoms with van der Waals surface area (Å²) in [5.41, 5.74) is -0.159. The van der Waals surface area contributed by atoms with Crippen molar-refractivity contribution in [3.8, 4) is 0 Å². The topological polar surface area (TPSA) is 74.6 Å². The Labute approximate surface area is 75.4 Å². The van der Waals surface area contributed by atoms with Crippen LogP contribution in [0.25, 0.3) is 0 Å². The molecule has 0 saturated heterocycles. The Kier molecular flexibility index (Phi) is 2.66. The highest BCUT2D eigenvalue weighted by molar-refractivity contribution is 7.70. The van der Waals surface area contributed by atoms with Crippen LogP contribution in [0.1, 0.15) is 15.9 Å². The fourth-order valence-corrected chi connectivity index (χ4v) is 1.35. The van der Waals surface area contributed by atoms with Gasteiger partial charge < -0.3 is 9.79 Å². The van der Waals surface area contributed by atoms with E-state index in [9.17, 15) is 9.36 Å². The molecule has 70 valence electrons. The second kappa shape index (κ2) is 3.42. The summed E-state index contributed by atoms with van der Waals surface area (Å²) in [5.74, 6) is 0. The summed E-state index contributed by atoms with van der Waals surface area (Å²) in [6.45, 7) is 1.83. The van der Waals surface area contributed by atoms with Gasteiger partial charge in [0.2, 0.25) is 0 Å². The van der Waals surface area contributed by atoms with E-state index in [0.29, 0.717) is 0 Å². The number of hydrogen-bond acceptors (Lipinski definition) is 2. The highest BCUT2D eigenvalue weighted by Gasteiger charge is 2.26. The smallest absolute Gasteiger partial charge is 0.319 e. The van der Waals surface area contributed by atoms with Crippen LogP contribution in [0.4, 0.5) is 0 Å². The monoisotopic (exact) mass is 200 g/mol. The van der Waals surface area contributed by atoms with E-state index in [1.807, 2.05) is 6.92 Å². The summed E-state index contributed by atoms with van der Waals surface area (Å²) in [7, 11) is -4.63. The van der Waals surface area contributed by atoms with Gasteiger partial charge >= 0.3 is 7.60 Å². The lowest BCUT2D eigenvalue weighted by atomic mass is 10.2. The van der Waals surface area contributed by atoms with Crippen LogP contribution in [-0.4, -0.2) is 15.3 Å². The predicted octanol–water partition coefficient (Wildman–Crippen LogP) is 1.31. The van der Waals surface area contributed by atoms with Crippen molar-refractivity contribution in [2.45, 2.75) is 6.92 Å². The molecule has 0 heterocycles. The molecule has 0 atom stereocenters. The molecular formula is C8H9O4P. The van der Waals surface area contributed by atoms with Crippen molar-refractivity contribution in [3.63, 3.8) is 0 Å². The summed E-state index contributed by atoms with van der Waals surface area (Å²) in [4.78, 5) is 28.2. The highest BCUT2D eigenvalue weighted by Crippen LogP contribution is 2.38. The van der Waals surface area contributed by atoms with Gasteiger partial charge in [0, 0.05) is 5.56 Å². The molecule has 0 aliphatic rings. The molecule has 0 radical (unpaired) electrons. The molecule has 0 amide bonds. The largest absolute Gasteiger partial charge is 0.396 e. The molecule has 1 rings (SSSR count). The van der Waals surface area contributed by atoms with Gasteiger partial charge in [0.25, 0.3) is 5.52 Å². The van der Waals surface area contributed by atoms with Crippen LogP contribution in [-0.2, 0) is 4.57 Å². The molecule has 0 aliphatic heterocycles. The van der Waals surface area contributed by atoms with Gasteiger partial charge in [-0.05, 0) is 6.92 Å². The van der Waals surface area contributed by atoms with E-state index < -0.39 is 13.1 Å². The Morgan fingerprint density at radius 1 is 1.23 bits per heavy atom. The molecule has 0 fully saturated rings. The van der Waals surface area contributed by atoms with E-state index in [0.717, 1.165) is 5.56 Å². The summed E-state index contributed by atoms with van der Waals surface area (Å²) >= 11 is 0. The maximum absolute atomic E-state index is 11.0. The molecule has 2 N–H and O–H groups in total. The molecule has 1 aromatic rings. The van der Waals surface area contributed by atoms with Crippen LogP contribution in [0.15, 0.2) is 24.3 Å². The van der Waals surface area contributed by atoms with E-state index in [2.05, 4.69) is 0 Å². The Morgan fingerprint density at radius 3 is 2.08 bits per heavy atom. The second-order valence-corrected chi connectivity index (χ2v) is 4.21. The van der Waals surface area contributed by atoms with Crippen molar-refractivity contribution in [1.82, 2.24) is 0 Å². The lowest BCUT2D eigenvalue weighted by Gasteiger charge is -2.02. The van der Waals surface area contributed by atoms with Crippen LogP contribution in [0.2, 0.25) is 0 Å². The number of hydrogen-bond donors (Lipinski definition) is 2. The van der Waals surface area contributed by atoms with Gasteiger partial charge in [-0.1, -0.05) is 29.8 Å². The predicted molar refractivity (Wildman–Crippen MR) is 47.6 cm³/mol. The Bertz CT molecular complexity index is 362. The third-order valence-electron chi connectivity index (χ3n) is 1.56. The zero-order valence-electron chi connectivity index (χ0n) is 6.97. The third kappa shape index (κ3) is 2.49. The maximum atomic E-state index is 11.0. The number of carbonyl (C=O) groups excluding carboxylic acids is 1. The fraction of sp³-hybridized carbons (Fsp3) is 0.125. The average molecular weight is 200 g/mol. The molecule has 0 bridgehead atoms. The normalized spacial score (nSPS) is 11.3. The molecule has 0 aliphatic carbocycles. The van der Waals surface area contributed by atoms with Crippen molar-refractivity contribution in [2.24, 2.45) is 0 Å². The molecule has 1 aromatic carbocycles. The minimum Gasteiger partial charge on any atom is -0.319 e. The van der Waals surface area contributed by atoms with Gasteiger partial charge in [0.05, 0.1) is 0 Å². The lowest BCUT2D eigenvalue weighted by Crippen LogP contribution is -1.99. The van der Waals surface area contributed by atoms with Crippen LogP contribution >= 0.6 is 7.60 Å². The molecule has 0 spiro atoms. The Hall–Kier alpha value is -0.960. The molecule has 13 heavy (non-hydrogen) atoms. The maximum Gasteiger partial charge on any atom is 0.396 e. The summed E-state index contributed by atoms with van der Waals surface area (Å²) < 4.78 is 10.6. The minimum atomic E-state index is -4.63. The van der Waals surface area contributed by atoms with Crippen molar-refractivity contribution in [1.29, 1.82) is 0 Å². The van der Waals surface area contributed by atoms with Gasteiger partial charge in [-0.2, -0.15) is 0 Å². The average Bonchev–Trinajstić information content (AvgIpc) is 2.03. The zero-order chi connectivity index (χ0) is 10.1. The quantitative estimate of drug-likeness (QED) is 0.706. The fourth-order valence-electron chi connectivity index (χ4n) is 0.864. The van der Waals surface area contributed by atoms with Gasteiger partial charge in [-0.15, -0.1) is 0 Å². The second-order valence-electron chi connectivity index (χ2n) is 2.72. The molecule has 0 aromatic heterocycles. The Morgan fingerprint density at radius 2 is 1.69 bits per heavy atom. The first-order valence-corrected chi connectivity index (χ1v) is 5.19. The molecule has 0 saturated carbocycles. The first-order valence-electron chi connectivity index (χ1n) is 3.58. The number of benzene rings is 1. The van der Waals surface area contributed by atoms with E-state index in [1.54, 1.807) is 12.1 Å². The van der Waals surface area contributed by atoms with Gasteiger partial charge in [-0.3, -0.25) is 9.36 Å². The van der Waals surface area contributed by atoms with Gasteiger partial charge in [0.15, 0.2) is 0 Å². The standard InChI is InChI=1S/C8H9O4P/c1-6-2-4-7(5-3-6)8(9)13(10,11)12/h2-5H,1H3,(H2,10,11,12). The van der Waals surface area contributed by atoms with Crippen molar-refractivity contribution >= 4 is 13.1 Å². The van der Waals surface area contributed by atoms with Gasteiger partial charge in [0.1, 0.15) is 0 Å². The number of rotatable bonds is 2. The number of aryl methyl sites for hydroxylation is 1. The van der Waals surface area contributed by atoms with Crippen LogP contribution in [0, 0.1) is 6.92 Å². The first kappa shape index (κ1) is 10.1. The Balaban J connectivity index is 3.04. The van der Waals surface area contributed by atoms with Gasteiger partial charge in [-0.25, -0.2) is 0 Å². The van der Waals surface area contributed by atoms with Crippen molar-refractivity contribution in [2.75, 3.05) is 0 Å². The molecule has 5 heteroatoms. The highest BCUT2D eigenvalue weighted by atomic mass is 31.2. The lowest BCUT2D eigenvalue weighted by molar-refractivity contribution is 0.104. The zero-order valence-corrected chi connectivity index (χ0v) is 7.86. The van der Waals surface area contributed by atoms with Crippen LogP contribution in [0.3, 0.4) is 0 Å². The van der Waals surface area contributed by atoms with E-state index in [-0.39, 0.29) is 5.56 Å². The van der Waals surface area contributed by atoms with Crippen LogP contribution < -0.4 is 0 Å². The van der Waals surface area contributed by atoms with E-state index in [4.69, 9.17) is 9.79 Å². The third-order valence-corrected chi connectivity index (χ3v) is 2.35. The van der Waals surface area contributed by atoms with Crippen molar-refractivity contribution in [3.05, 3.63) is 35.4 Å². The number of carbonyl (C=O) groups is 1. The van der Waals surface area contributed by atoms with Crippen molar-refractivity contribution < 1.29 is 19.1 Å². The van der Waals surface area contributed by atoms with E-state index >= 15 is 0 Å². The van der Waals surface area contributed by atoms with Crippen LogP contribution in [0.5, 0.6) is 0 Å². The summed E-state index contributed by atoms with van der Waals surface area (Å²) in [6, 6.07) is 6.05. The van der Waals surface area contributed by atoms with E-state index in [1.165, 1.54) is 12.1 Å². The molecule has 0 unspecified atom stereocenters. The first-order chi connectivity index (χ1) is 5.91.